The van der Waals surface area contributed by atoms with E-state index in [0.717, 1.165) is 38.9 Å². The van der Waals surface area contributed by atoms with Crippen LogP contribution in [0.2, 0.25) is 0 Å². The fraction of sp³-hybridized carbons (Fsp3) is 0.882. The van der Waals surface area contributed by atoms with Crippen molar-refractivity contribution < 1.29 is 9.59 Å². The molecule has 1 aliphatic carbocycles. The van der Waals surface area contributed by atoms with Crippen LogP contribution < -0.4 is 16.0 Å². The van der Waals surface area contributed by atoms with Crippen LogP contribution in [-0.2, 0) is 4.79 Å². The van der Waals surface area contributed by atoms with E-state index in [0.29, 0.717) is 31.3 Å². The molecule has 1 heterocycles. The molecule has 2 rings (SSSR count). The van der Waals surface area contributed by atoms with Crippen molar-refractivity contribution in [3.63, 3.8) is 0 Å². The predicted molar refractivity (Wildman–Crippen MR) is 91.3 cm³/mol. The molecule has 6 nitrogen and oxygen atoms in total. The third-order valence-electron chi connectivity index (χ3n) is 4.92. The van der Waals surface area contributed by atoms with Gasteiger partial charge < -0.3 is 20.9 Å². The third-order valence-corrected chi connectivity index (χ3v) is 4.92. The van der Waals surface area contributed by atoms with Crippen molar-refractivity contribution in [1.82, 2.24) is 20.9 Å². The van der Waals surface area contributed by atoms with Crippen LogP contribution in [0.3, 0.4) is 0 Å². The van der Waals surface area contributed by atoms with Crippen LogP contribution in [-0.4, -0.2) is 56.1 Å². The van der Waals surface area contributed by atoms with E-state index in [1.807, 2.05) is 11.9 Å². The SMILES string of the molecule is CNCC1CCN(C(=O)CCCNC(=O)NC2CCCCC2)C1. The number of likely N-dealkylation sites (tertiary alicyclic amines) is 1. The van der Waals surface area contributed by atoms with Gasteiger partial charge in [0.15, 0.2) is 0 Å². The Balaban J connectivity index is 1.52. The number of urea groups is 1. The molecule has 0 bridgehead atoms. The highest BCUT2D eigenvalue weighted by molar-refractivity contribution is 5.77. The molecule has 1 atom stereocenters. The van der Waals surface area contributed by atoms with E-state index >= 15 is 0 Å². The summed E-state index contributed by atoms with van der Waals surface area (Å²) in [6.07, 6.45) is 8.22. The maximum atomic E-state index is 12.1. The highest BCUT2D eigenvalue weighted by atomic mass is 16.2. The molecule has 6 heteroatoms. The van der Waals surface area contributed by atoms with Gasteiger partial charge in [-0.1, -0.05) is 19.3 Å². The molecule has 0 aromatic carbocycles. The molecule has 1 saturated carbocycles. The summed E-state index contributed by atoms with van der Waals surface area (Å²) in [5.41, 5.74) is 0. The first-order chi connectivity index (χ1) is 11.2. The average Bonchev–Trinajstić information content (AvgIpc) is 3.01. The summed E-state index contributed by atoms with van der Waals surface area (Å²) >= 11 is 0. The lowest BCUT2D eigenvalue weighted by Gasteiger charge is -2.22. The molecule has 1 aliphatic heterocycles. The molecule has 2 fully saturated rings. The van der Waals surface area contributed by atoms with Crippen LogP contribution in [0.25, 0.3) is 0 Å². The number of nitrogens with zero attached hydrogens (tertiary/aromatic N) is 1. The molecule has 0 aromatic rings. The number of hydrogen-bond acceptors (Lipinski definition) is 3. The van der Waals surface area contributed by atoms with Crippen molar-refractivity contribution in [2.45, 2.75) is 57.4 Å². The van der Waals surface area contributed by atoms with Crippen LogP contribution in [0.4, 0.5) is 4.79 Å². The van der Waals surface area contributed by atoms with Gasteiger partial charge in [-0.3, -0.25) is 4.79 Å². The molecule has 1 unspecified atom stereocenters. The highest BCUT2D eigenvalue weighted by Crippen LogP contribution is 2.17. The van der Waals surface area contributed by atoms with E-state index < -0.39 is 0 Å². The number of nitrogens with one attached hydrogen (secondary N) is 3. The zero-order valence-electron chi connectivity index (χ0n) is 14.4. The minimum Gasteiger partial charge on any atom is -0.342 e. The lowest BCUT2D eigenvalue weighted by atomic mass is 9.96. The first-order valence-electron chi connectivity index (χ1n) is 9.15. The maximum absolute atomic E-state index is 12.1. The van der Waals surface area contributed by atoms with Gasteiger partial charge in [0.1, 0.15) is 0 Å². The number of carbonyl (C=O) groups excluding carboxylic acids is 2. The largest absolute Gasteiger partial charge is 0.342 e. The molecule has 2 aliphatic rings. The molecule has 132 valence electrons. The summed E-state index contributed by atoms with van der Waals surface area (Å²) in [7, 11) is 1.95. The fourth-order valence-electron chi connectivity index (χ4n) is 3.60. The Bertz CT molecular complexity index is 383. The fourth-order valence-corrected chi connectivity index (χ4v) is 3.60. The predicted octanol–water partition coefficient (Wildman–Crippen LogP) is 1.47. The molecule has 23 heavy (non-hydrogen) atoms. The van der Waals surface area contributed by atoms with E-state index in [1.54, 1.807) is 0 Å². The Kier molecular flexibility index (Phi) is 7.65. The smallest absolute Gasteiger partial charge is 0.315 e. The second-order valence-corrected chi connectivity index (χ2v) is 6.89. The number of amides is 3. The summed E-state index contributed by atoms with van der Waals surface area (Å²) in [6, 6.07) is 0.249. The Morgan fingerprint density at radius 3 is 2.65 bits per heavy atom. The first-order valence-corrected chi connectivity index (χ1v) is 9.15. The normalized spacial score (nSPS) is 22.1. The number of hydrogen-bond donors (Lipinski definition) is 3. The molecule has 3 amide bonds. The summed E-state index contributed by atoms with van der Waals surface area (Å²) < 4.78 is 0. The van der Waals surface area contributed by atoms with Crippen LogP contribution in [0.5, 0.6) is 0 Å². The van der Waals surface area contributed by atoms with Crippen LogP contribution >= 0.6 is 0 Å². The van der Waals surface area contributed by atoms with Crippen LogP contribution in [0.1, 0.15) is 51.4 Å². The van der Waals surface area contributed by atoms with Crippen molar-refractivity contribution in [1.29, 1.82) is 0 Å². The van der Waals surface area contributed by atoms with Crippen molar-refractivity contribution >= 4 is 11.9 Å². The standard InChI is InChI=1S/C17H32N4O2/c1-18-12-14-9-11-21(13-14)16(22)8-5-10-19-17(23)20-15-6-3-2-4-7-15/h14-15,18H,2-13H2,1H3,(H2,19,20,23). The number of rotatable bonds is 7. The van der Waals surface area contributed by atoms with Crippen molar-refractivity contribution in [2.24, 2.45) is 5.92 Å². The Morgan fingerprint density at radius 1 is 1.13 bits per heavy atom. The van der Waals surface area contributed by atoms with E-state index in [2.05, 4.69) is 16.0 Å². The van der Waals surface area contributed by atoms with Gasteiger partial charge in [0.2, 0.25) is 5.91 Å². The van der Waals surface area contributed by atoms with Gasteiger partial charge >= 0.3 is 6.03 Å². The van der Waals surface area contributed by atoms with E-state index in [4.69, 9.17) is 0 Å². The highest BCUT2D eigenvalue weighted by Gasteiger charge is 2.25. The van der Waals surface area contributed by atoms with Gasteiger partial charge in [-0.2, -0.15) is 0 Å². The minimum absolute atomic E-state index is 0.0837. The summed E-state index contributed by atoms with van der Waals surface area (Å²) in [5.74, 6) is 0.807. The molecular weight excluding hydrogens is 292 g/mol. The Morgan fingerprint density at radius 2 is 1.91 bits per heavy atom. The van der Waals surface area contributed by atoms with Gasteiger partial charge in [0.25, 0.3) is 0 Å². The van der Waals surface area contributed by atoms with E-state index in [9.17, 15) is 9.59 Å². The van der Waals surface area contributed by atoms with Gasteiger partial charge in [-0.25, -0.2) is 4.79 Å². The lowest BCUT2D eigenvalue weighted by molar-refractivity contribution is -0.130. The van der Waals surface area contributed by atoms with E-state index in [-0.39, 0.29) is 11.9 Å². The zero-order chi connectivity index (χ0) is 16.5. The summed E-state index contributed by atoms with van der Waals surface area (Å²) in [6.45, 7) is 3.29. The van der Waals surface area contributed by atoms with Crippen LogP contribution in [0, 0.1) is 5.92 Å². The van der Waals surface area contributed by atoms with Gasteiger partial charge in [0.05, 0.1) is 0 Å². The molecular formula is C17H32N4O2. The average molecular weight is 324 g/mol. The Hall–Kier alpha value is -1.30. The quantitative estimate of drug-likeness (QED) is 0.621. The zero-order valence-corrected chi connectivity index (χ0v) is 14.4. The minimum atomic E-state index is -0.0837. The summed E-state index contributed by atoms with van der Waals surface area (Å²) in [5, 5.41) is 9.08. The molecule has 0 radical (unpaired) electrons. The monoisotopic (exact) mass is 324 g/mol. The molecule has 0 aromatic heterocycles. The van der Waals surface area contributed by atoms with Gasteiger partial charge in [-0.15, -0.1) is 0 Å². The Labute approximate surface area is 139 Å². The first kappa shape index (κ1) is 18.0. The van der Waals surface area contributed by atoms with Crippen molar-refractivity contribution in [3.8, 4) is 0 Å². The van der Waals surface area contributed by atoms with Crippen LogP contribution in [0.15, 0.2) is 0 Å². The lowest BCUT2D eigenvalue weighted by Crippen LogP contribution is -2.43. The van der Waals surface area contributed by atoms with Crippen molar-refractivity contribution in [3.05, 3.63) is 0 Å². The van der Waals surface area contributed by atoms with E-state index in [1.165, 1.54) is 19.3 Å². The molecule has 1 saturated heterocycles. The molecule has 3 N–H and O–H groups in total. The second-order valence-electron chi connectivity index (χ2n) is 6.89. The summed E-state index contributed by atoms with van der Waals surface area (Å²) in [4.78, 5) is 25.9. The van der Waals surface area contributed by atoms with Gasteiger partial charge in [-0.05, 0) is 45.2 Å². The molecule has 0 spiro atoms. The van der Waals surface area contributed by atoms with Gasteiger partial charge in [0, 0.05) is 32.1 Å². The number of carbonyl (C=O) groups is 2. The second kappa shape index (κ2) is 9.75. The maximum Gasteiger partial charge on any atom is 0.315 e. The topological polar surface area (TPSA) is 73.5 Å². The third kappa shape index (κ3) is 6.37. The van der Waals surface area contributed by atoms with Crippen molar-refractivity contribution in [2.75, 3.05) is 33.2 Å².